The van der Waals surface area contributed by atoms with Gasteiger partial charge in [-0.2, -0.15) is 13.2 Å². The summed E-state index contributed by atoms with van der Waals surface area (Å²) in [5, 5.41) is 0. The maximum atomic E-state index is 13.1. The summed E-state index contributed by atoms with van der Waals surface area (Å²) in [5.41, 5.74) is 5.15. The molecule has 6 nitrogen and oxygen atoms in total. The molecule has 1 saturated heterocycles. The van der Waals surface area contributed by atoms with Crippen LogP contribution >= 0.6 is 0 Å². The number of rotatable bonds is 7. The highest BCUT2D eigenvalue weighted by Crippen LogP contribution is 2.27. The van der Waals surface area contributed by atoms with Crippen molar-refractivity contribution in [2.75, 3.05) is 31.1 Å². The summed E-state index contributed by atoms with van der Waals surface area (Å²) in [7, 11) is 0. The van der Waals surface area contributed by atoms with Crippen molar-refractivity contribution in [2.24, 2.45) is 5.73 Å². The van der Waals surface area contributed by atoms with Crippen LogP contribution in [0.15, 0.2) is 66.3 Å². The van der Waals surface area contributed by atoms with Gasteiger partial charge in [0.25, 0.3) is 0 Å². The summed E-state index contributed by atoms with van der Waals surface area (Å²) in [6.45, 7) is 3.74. The number of hydrogen-bond acceptors (Lipinski definition) is 4. The molecule has 1 unspecified atom stereocenters. The number of piperazine rings is 1. The van der Waals surface area contributed by atoms with Crippen LogP contribution in [-0.4, -0.2) is 55.4 Å². The average molecular weight is 437 g/mol. The normalized spacial score (nSPS) is 16.7. The second kappa shape index (κ2) is 11.2. The third kappa shape index (κ3) is 7.84. The molecular weight excluding hydrogens is 411 g/mol. The van der Waals surface area contributed by atoms with Crippen molar-refractivity contribution in [3.8, 4) is 0 Å². The van der Waals surface area contributed by atoms with E-state index in [1.54, 1.807) is 11.8 Å². The Hall–Kier alpha value is -3.23. The lowest BCUT2D eigenvalue weighted by molar-refractivity contribution is -0.132. The Morgan fingerprint density at radius 2 is 1.81 bits per heavy atom. The van der Waals surface area contributed by atoms with Gasteiger partial charge in [-0.25, -0.2) is 4.79 Å². The van der Waals surface area contributed by atoms with E-state index in [2.05, 4.69) is 4.90 Å². The van der Waals surface area contributed by atoms with Crippen LogP contribution < -0.4 is 10.6 Å². The lowest BCUT2D eigenvalue weighted by atomic mass is 10.1. The molecule has 2 rings (SSSR count). The molecule has 1 heterocycles. The molecule has 1 aliphatic heterocycles. The van der Waals surface area contributed by atoms with E-state index in [-0.39, 0.29) is 12.3 Å². The molecule has 2 N–H and O–H groups in total. The third-order valence-electron chi connectivity index (χ3n) is 4.68. The molecule has 1 aromatic rings. The first-order valence-corrected chi connectivity index (χ1v) is 9.83. The van der Waals surface area contributed by atoms with Gasteiger partial charge in [-0.05, 0) is 25.1 Å². The van der Waals surface area contributed by atoms with Crippen LogP contribution in [0.1, 0.15) is 13.3 Å². The molecule has 0 radical (unpaired) electrons. The highest BCUT2D eigenvalue weighted by atomic mass is 19.4. The van der Waals surface area contributed by atoms with Crippen LogP contribution in [0.3, 0.4) is 0 Å². The van der Waals surface area contributed by atoms with E-state index in [0.29, 0.717) is 26.2 Å². The number of nitrogens with zero attached hydrogens (tertiary/aromatic N) is 2. The van der Waals surface area contributed by atoms with Crippen molar-refractivity contribution >= 4 is 17.7 Å². The number of anilines is 1. The molecule has 1 atom stereocenters. The number of halogens is 3. The summed E-state index contributed by atoms with van der Waals surface area (Å²) in [5.74, 6) is -0.324. The zero-order chi connectivity index (χ0) is 22.9. The monoisotopic (exact) mass is 437 g/mol. The molecule has 1 fully saturated rings. The Bertz CT molecular complexity index is 827. The van der Waals surface area contributed by atoms with E-state index < -0.39 is 23.9 Å². The predicted molar refractivity (Wildman–Crippen MR) is 112 cm³/mol. The minimum atomic E-state index is -4.59. The van der Waals surface area contributed by atoms with E-state index >= 15 is 0 Å². The molecule has 0 saturated carbocycles. The van der Waals surface area contributed by atoms with E-state index in [0.717, 1.165) is 23.9 Å². The third-order valence-corrected chi connectivity index (χ3v) is 4.68. The molecule has 1 aromatic carbocycles. The fraction of sp³-hybridized carbons (Fsp3) is 0.364. The Morgan fingerprint density at radius 3 is 2.35 bits per heavy atom. The standard InChI is InChI=1S/C22H26F3N3O3/c1-2-3-7-17(22(23,24)25)10-11-19(31-21(26)30)16-20(29)28-14-12-27(13-15-28)18-8-5-4-6-9-18/h2-11,19H,12-16H2,1H3,(H2,26,30)/b3-2-,11-10+,17-7+. The summed E-state index contributed by atoms with van der Waals surface area (Å²) in [6, 6.07) is 9.76. The largest absolute Gasteiger partial charge is 0.442 e. The smallest absolute Gasteiger partial charge is 0.416 e. The molecule has 168 valence electrons. The van der Waals surface area contributed by atoms with Crippen LogP contribution in [-0.2, 0) is 9.53 Å². The number of hydrogen-bond donors (Lipinski definition) is 1. The van der Waals surface area contributed by atoms with Crippen LogP contribution in [0.4, 0.5) is 23.7 Å². The highest BCUT2D eigenvalue weighted by molar-refractivity contribution is 5.78. The quantitative estimate of drug-likeness (QED) is 0.659. The number of para-hydroxylation sites is 1. The van der Waals surface area contributed by atoms with Gasteiger partial charge in [0.1, 0.15) is 6.10 Å². The fourth-order valence-corrected chi connectivity index (χ4v) is 3.11. The Balaban J connectivity index is 2.02. The van der Waals surface area contributed by atoms with Crippen molar-refractivity contribution in [1.29, 1.82) is 0 Å². The molecule has 0 aliphatic carbocycles. The van der Waals surface area contributed by atoms with Gasteiger partial charge in [-0.15, -0.1) is 0 Å². The van der Waals surface area contributed by atoms with Crippen molar-refractivity contribution in [3.05, 3.63) is 66.3 Å². The van der Waals surface area contributed by atoms with Crippen LogP contribution in [0.2, 0.25) is 0 Å². The van der Waals surface area contributed by atoms with Gasteiger partial charge in [0.2, 0.25) is 5.91 Å². The van der Waals surface area contributed by atoms with E-state index in [1.807, 2.05) is 30.3 Å². The summed E-state index contributed by atoms with van der Waals surface area (Å²) in [4.78, 5) is 27.6. The Kier molecular flexibility index (Phi) is 8.72. The SMILES string of the molecule is C\C=C/C=C(\C=C\C(CC(=O)N1CCN(c2ccccc2)CC1)OC(N)=O)C(F)(F)F. The summed E-state index contributed by atoms with van der Waals surface area (Å²) >= 11 is 0. The van der Waals surface area contributed by atoms with Gasteiger partial charge in [0.15, 0.2) is 0 Å². The van der Waals surface area contributed by atoms with Gasteiger partial charge in [0, 0.05) is 31.9 Å². The molecule has 9 heteroatoms. The number of carbonyl (C=O) groups excluding carboxylic acids is 2. The number of alkyl halides is 3. The Labute approximate surface area is 179 Å². The fourth-order valence-electron chi connectivity index (χ4n) is 3.11. The van der Waals surface area contributed by atoms with E-state index in [9.17, 15) is 22.8 Å². The molecule has 31 heavy (non-hydrogen) atoms. The zero-order valence-electron chi connectivity index (χ0n) is 17.2. The number of carbonyl (C=O) groups is 2. The van der Waals surface area contributed by atoms with Crippen molar-refractivity contribution in [1.82, 2.24) is 4.90 Å². The van der Waals surface area contributed by atoms with Gasteiger partial charge < -0.3 is 20.3 Å². The van der Waals surface area contributed by atoms with Gasteiger partial charge in [-0.3, -0.25) is 4.79 Å². The molecule has 2 amide bonds. The number of ether oxygens (including phenoxy) is 1. The van der Waals surface area contributed by atoms with Crippen molar-refractivity contribution in [3.63, 3.8) is 0 Å². The second-order valence-corrected chi connectivity index (χ2v) is 6.89. The average Bonchev–Trinajstić information content (AvgIpc) is 2.73. The molecule has 0 spiro atoms. The van der Waals surface area contributed by atoms with Crippen LogP contribution in [0.5, 0.6) is 0 Å². The second-order valence-electron chi connectivity index (χ2n) is 6.89. The minimum Gasteiger partial charge on any atom is -0.442 e. The van der Waals surface area contributed by atoms with Gasteiger partial charge >= 0.3 is 12.3 Å². The topological polar surface area (TPSA) is 75.9 Å². The van der Waals surface area contributed by atoms with Crippen LogP contribution in [0.25, 0.3) is 0 Å². The number of benzene rings is 1. The highest BCUT2D eigenvalue weighted by Gasteiger charge is 2.32. The van der Waals surface area contributed by atoms with Crippen molar-refractivity contribution in [2.45, 2.75) is 25.6 Å². The maximum absolute atomic E-state index is 13.1. The van der Waals surface area contributed by atoms with Crippen molar-refractivity contribution < 1.29 is 27.5 Å². The summed E-state index contributed by atoms with van der Waals surface area (Å²) in [6.07, 6.45) is -1.84. The number of allylic oxidation sites excluding steroid dienone is 5. The summed E-state index contributed by atoms with van der Waals surface area (Å²) < 4.78 is 44.2. The molecular formula is C22H26F3N3O3. The first-order valence-electron chi connectivity index (χ1n) is 9.83. The number of primary amides is 1. The first kappa shape index (κ1) is 24.0. The predicted octanol–water partition coefficient (Wildman–Crippen LogP) is 3.81. The van der Waals surface area contributed by atoms with Gasteiger partial charge in [0.05, 0.1) is 12.0 Å². The molecule has 0 aromatic heterocycles. The lowest BCUT2D eigenvalue weighted by Crippen LogP contribution is -2.49. The maximum Gasteiger partial charge on any atom is 0.416 e. The van der Waals surface area contributed by atoms with E-state index in [4.69, 9.17) is 10.5 Å². The molecule has 0 bridgehead atoms. The Morgan fingerprint density at radius 1 is 1.16 bits per heavy atom. The number of amides is 2. The zero-order valence-corrected chi connectivity index (χ0v) is 17.2. The first-order chi connectivity index (χ1) is 14.7. The minimum absolute atomic E-state index is 0.292. The lowest BCUT2D eigenvalue weighted by Gasteiger charge is -2.36. The van der Waals surface area contributed by atoms with Gasteiger partial charge in [-0.1, -0.05) is 42.5 Å². The molecule has 1 aliphatic rings. The van der Waals surface area contributed by atoms with Crippen LogP contribution in [0, 0.1) is 0 Å². The van der Waals surface area contributed by atoms with E-state index in [1.165, 1.54) is 12.2 Å². The number of nitrogens with two attached hydrogens (primary N) is 1.